The minimum Gasteiger partial charge on any atom is -0.329 e. The van der Waals surface area contributed by atoms with E-state index in [1.807, 2.05) is 55.1 Å². The Labute approximate surface area is 111 Å². The van der Waals surface area contributed by atoms with Gasteiger partial charge in [0.15, 0.2) is 0 Å². The number of hydrogen-bond acceptors (Lipinski definition) is 4. The molecule has 92 valence electrons. The second kappa shape index (κ2) is 4.39. The van der Waals surface area contributed by atoms with Gasteiger partial charge in [0.25, 0.3) is 5.91 Å². The zero-order chi connectivity index (χ0) is 13.3. The number of benzene rings is 1. The highest BCUT2D eigenvalue weighted by Crippen LogP contribution is 2.33. The van der Waals surface area contributed by atoms with Gasteiger partial charge in [-0.05, 0) is 26.0 Å². The second-order valence-corrected chi connectivity index (χ2v) is 4.92. The molecule has 1 aliphatic rings. The molecule has 0 unspecified atom stereocenters. The number of rotatable bonds is 1. The summed E-state index contributed by atoms with van der Waals surface area (Å²) in [6, 6.07) is 11.4. The van der Waals surface area contributed by atoms with Crippen LogP contribution in [-0.2, 0) is 4.79 Å². The highest BCUT2D eigenvalue weighted by molar-refractivity contribution is 7.84. The van der Waals surface area contributed by atoms with Gasteiger partial charge in [0.1, 0.15) is 17.3 Å². The van der Waals surface area contributed by atoms with Gasteiger partial charge in [0, 0.05) is 5.69 Å². The van der Waals surface area contributed by atoms with E-state index in [2.05, 4.69) is 17.9 Å². The summed E-state index contributed by atoms with van der Waals surface area (Å²) in [6.45, 7) is 3.73. The summed E-state index contributed by atoms with van der Waals surface area (Å²) in [5.41, 5.74) is 0.275. The number of nitriles is 1. The minimum atomic E-state index is -0.629. The van der Waals surface area contributed by atoms with Crippen LogP contribution in [0.1, 0.15) is 13.8 Å². The topological polar surface area (TPSA) is 56.1 Å². The number of carbonyl (C=O) groups excluding carboxylic acids is 1. The zero-order valence-electron chi connectivity index (χ0n) is 10.1. The molecule has 0 saturated heterocycles. The Morgan fingerprint density at radius 3 is 2.50 bits per heavy atom. The Kier molecular flexibility index (Phi) is 3.05. The maximum absolute atomic E-state index is 11.8. The van der Waals surface area contributed by atoms with Crippen LogP contribution in [0.15, 0.2) is 40.9 Å². The smallest absolute Gasteiger partial charge is 0.266 e. The first kappa shape index (κ1) is 12.5. The number of nitrogens with one attached hydrogen (secondary N) is 1. The van der Waals surface area contributed by atoms with Crippen LogP contribution in [-0.4, -0.2) is 11.6 Å². The van der Waals surface area contributed by atoms with E-state index in [0.29, 0.717) is 5.03 Å². The van der Waals surface area contributed by atoms with Gasteiger partial charge in [-0.3, -0.25) is 4.79 Å². The van der Waals surface area contributed by atoms with Gasteiger partial charge in [0.05, 0.1) is 5.03 Å². The lowest BCUT2D eigenvalue weighted by Crippen LogP contribution is -2.59. The van der Waals surface area contributed by atoms with Gasteiger partial charge in [-0.2, -0.15) is 5.26 Å². The van der Waals surface area contributed by atoms with Crippen molar-refractivity contribution in [3.05, 3.63) is 40.9 Å². The third kappa shape index (κ3) is 1.95. The average molecular weight is 259 g/mol. The fourth-order valence-corrected chi connectivity index (χ4v) is 2.51. The quantitative estimate of drug-likeness (QED) is 0.759. The van der Waals surface area contributed by atoms with Crippen molar-refractivity contribution in [2.45, 2.75) is 19.5 Å². The van der Waals surface area contributed by atoms with Gasteiger partial charge in [-0.25, -0.2) is 0 Å². The van der Waals surface area contributed by atoms with Crippen molar-refractivity contribution in [2.24, 2.45) is 0 Å². The van der Waals surface area contributed by atoms with Crippen molar-refractivity contribution in [1.29, 1.82) is 5.26 Å². The molecule has 0 bridgehead atoms. The van der Waals surface area contributed by atoms with Crippen LogP contribution in [0.2, 0.25) is 0 Å². The number of thiol groups is 1. The van der Waals surface area contributed by atoms with Gasteiger partial charge >= 0.3 is 0 Å². The number of para-hydroxylation sites is 1. The Bertz CT molecular complexity index is 557. The standard InChI is InChI=1S/C13H13N3OS/c1-13(2)15-11(17)10(8-14)12(18)16(13)9-6-4-3-5-7-9/h3-7,18H,1-2H3,(H,15,17). The molecule has 0 atom stereocenters. The summed E-state index contributed by atoms with van der Waals surface area (Å²) in [4.78, 5) is 13.6. The molecule has 2 rings (SSSR count). The molecular formula is C13H13N3OS. The van der Waals surface area contributed by atoms with Crippen LogP contribution in [0.25, 0.3) is 0 Å². The first-order chi connectivity index (χ1) is 8.47. The Hall–Kier alpha value is -1.93. The molecule has 1 amide bonds. The van der Waals surface area contributed by atoms with Gasteiger partial charge in [0.2, 0.25) is 0 Å². The third-order valence-electron chi connectivity index (χ3n) is 2.77. The molecule has 0 fully saturated rings. The lowest BCUT2D eigenvalue weighted by atomic mass is 10.1. The minimum absolute atomic E-state index is 0.0292. The number of anilines is 1. The Balaban J connectivity index is 2.60. The van der Waals surface area contributed by atoms with Crippen molar-refractivity contribution in [3.8, 4) is 6.07 Å². The molecule has 1 heterocycles. The first-order valence-electron chi connectivity index (χ1n) is 5.48. The van der Waals surface area contributed by atoms with Crippen LogP contribution >= 0.6 is 12.6 Å². The average Bonchev–Trinajstić information content (AvgIpc) is 2.29. The first-order valence-corrected chi connectivity index (χ1v) is 5.93. The highest BCUT2D eigenvalue weighted by atomic mass is 32.1. The molecule has 4 nitrogen and oxygen atoms in total. The number of nitrogens with zero attached hydrogens (tertiary/aromatic N) is 2. The van der Waals surface area contributed by atoms with E-state index in [1.165, 1.54) is 0 Å². The molecule has 0 aliphatic carbocycles. The SMILES string of the molecule is CC1(C)NC(=O)C(C#N)=C(S)N1c1ccccc1. The Morgan fingerprint density at radius 1 is 1.33 bits per heavy atom. The normalized spacial score (nSPS) is 18.3. The van der Waals surface area contributed by atoms with Crippen LogP contribution in [0.4, 0.5) is 5.69 Å². The van der Waals surface area contributed by atoms with Crippen LogP contribution in [0.3, 0.4) is 0 Å². The van der Waals surface area contributed by atoms with E-state index in [9.17, 15) is 4.79 Å². The Morgan fingerprint density at radius 2 is 1.94 bits per heavy atom. The summed E-state index contributed by atoms with van der Waals surface area (Å²) in [6.07, 6.45) is 0. The molecular weight excluding hydrogens is 246 g/mol. The molecule has 1 aromatic rings. The van der Waals surface area contributed by atoms with Crippen LogP contribution in [0, 0.1) is 11.3 Å². The maximum atomic E-state index is 11.8. The van der Waals surface area contributed by atoms with Crippen molar-refractivity contribution in [3.63, 3.8) is 0 Å². The molecule has 5 heteroatoms. The monoisotopic (exact) mass is 259 g/mol. The van der Waals surface area contributed by atoms with Crippen LogP contribution < -0.4 is 10.2 Å². The van der Waals surface area contributed by atoms with E-state index in [0.717, 1.165) is 5.69 Å². The van der Waals surface area contributed by atoms with E-state index < -0.39 is 5.66 Å². The molecule has 0 spiro atoms. The van der Waals surface area contributed by atoms with E-state index in [1.54, 1.807) is 0 Å². The van der Waals surface area contributed by atoms with Gasteiger partial charge in [-0.15, -0.1) is 12.6 Å². The molecule has 0 saturated carbocycles. The van der Waals surface area contributed by atoms with Crippen LogP contribution in [0.5, 0.6) is 0 Å². The largest absolute Gasteiger partial charge is 0.329 e. The lowest BCUT2D eigenvalue weighted by molar-refractivity contribution is -0.119. The zero-order valence-corrected chi connectivity index (χ0v) is 11.0. The van der Waals surface area contributed by atoms with Crippen molar-refractivity contribution >= 4 is 24.2 Å². The lowest BCUT2D eigenvalue weighted by Gasteiger charge is -2.43. The van der Waals surface area contributed by atoms with E-state index in [-0.39, 0.29) is 11.5 Å². The summed E-state index contributed by atoms with van der Waals surface area (Å²) in [7, 11) is 0. The molecule has 1 aromatic carbocycles. The van der Waals surface area contributed by atoms with Crippen molar-refractivity contribution in [2.75, 3.05) is 4.90 Å². The van der Waals surface area contributed by atoms with Crippen molar-refractivity contribution < 1.29 is 4.79 Å². The van der Waals surface area contributed by atoms with Crippen molar-refractivity contribution in [1.82, 2.24) is 5.32 Å². The molecule has 1 aliphatic heterocycles. The summed E-state index contributed by atoms with van der Waals surface area (Å²) >= 11 is 4.34. The fourth-order valence-electron chi connectivity index (χ4n) is 2.00. The van der Waals surface area contributed by atoms with E-state index >= 15 is 0 Å². The molecule has 0 radical (unpaired) electrons. The van der Waals surface area contributed by atoms with E-state index in [4.69, 9.17) is 5.26 Å². The predicted molar refractivity (Wildman–Crippen MR) is 72.8 cm³/mol. The van der Waals surface area contributed by atoms with Gasteiger partial charge in [-0.1, -0.05) is 18.2 Å². The molecule has 0 aromatic heterocycles. The third-order valence-corrected chi connectivity index (χ3v) is 3.19. The number of carbonyl (C=O) groups is 1. The second-order valence-electron chi connectivity index (χ2n) is 4.49. The summed E-state index contributed by atoms with van der Waals surface area (Å²) in [5, 5.41) is 12.2. The highest BCUT2D eigenvalue weighted by Gasteiger charge is 2.38. The molecule has 1 N–H and O–H groups in total. The molecule has 18 heavy (non-hydrogen) atoms. The number of amides is 1. The maximum Gasteiger partial charge on any atom is 0.266 e. The number of hydrogen-bond donors (Lipinski definition) is 2. The summed E-state index contributed by atoms with van der Waals surface area (Å²) < 4.78 is 0. The van der Waals surface area contributed by atoms with Gasteiger partial charge < -0.3 is 10.2 Å². The fraction of sp³-hybridized carbons (Fsp3) is 0.231. The predicted octanol–water partition coefficient (Wildman–Crippen LogP) is 2.02. The summed E-state index contributed by atoms with van der Waals surface area (Å²) in [5.74, 6) is -0.389.